The van der Waals surface area contributed by atoms with E-state index in [0.29, 0.717) is 23.5 Å². The Morgan fingerprint density at radius 3 is 2.54 bits per heavy atom. The van der Waals surface area contributed by atoms with E-state index in [0.717, 1.165) is 69.3 Å². The van der Waals surface area contributed by atoms with Gasteiger partial charge >= 0.3 is 12.1 Å². The normalized spacial score (nSPS) is 15.5. The number of anilines is 2. The Balaban J connectivity index is 1.32. The van der Waals surface area contributed by atoms with Gasteiger partial charge in [-0.1, -0.05) is 24.3 Å². The molecule has 11 nitrogen and oxygen atoms in total. The van der Waals surface area contributed by atoms with Gasteiger partial charge in [0.05, 0.1) is 18.9 Å². The molecular weight excluding hydrogens is 494 g/mol. The summed E-state index contributed by atoms with van der Waals surface area (Å²) in [7, 11) is 0. The molecular formula is C25H31N7O4S. The van der Waals surface area contributed by atoms with Crippen molar-refractivity contribution in [2.75, 3.05) is 50.0 Å². The van der Waals surface area contributed by atoms with Gasteiger partial charge < -0.3 is 26.4 Å². The number of rotatable bonds is 9. The minimum atomic E-state index is -0.692. The van der Waals surface area contributed by atoms with Crippen molar-refractivity contribution in [2.24, 2.45) is 5.73 Å². The van der Waals surface area contributed by atoms with Crippen LogP contribution in [-0.4, -0.2) is 66.6 Å². The largest absolute Gasteiger partial charge is 0.379 e. The summed E-state index contributed by atoms with van der Waals surface area (Å²) in [5, 5.41) is 11.4. The first-order chi connectivity index (χ1) is 18.0. The third-order valence-corrected chi connectivity index (χ3v) is 6.67. The SMILES string of the molecule is NC(=O)c1c(-c2ccc(NC(=O)NC3=CC=CCC3)cc2)nsc1NC(=O)NCCCN1CCOCC1. The first-order valence-electron chi connectivity index (χ1n) is 12.2. The number of aromatic nitrogens is 1. The molecule has 0 bridgehead atoms. The molecule has 5 amide bonds. The van der Waals surface area contributed by atoms with Gasteiger partial charge in [-0.3, -0.25) is 15.0 Å². The fourth-order valence-electron chi connectivity index (χ4n) is 4.00. The third kappa shape index (κ3) is 7.62. The molecule has 1 aliphatic carbocycles. The van der Waals surface area contributed by atoms with Crippen LogP contribution in [-0.2, 0) is 4.74 Å². The Morgan fingerprint density at radius 1 is 1.05 bits per heavy atom. The molecule has 0 spiro atoms. The zero-order chi connectivity index (χ0) is 26.0. The second-order valence-electron chi connectivity index (χ2n) is 8.60. The molecule has 0 radical (unpaired) electrons. The molecule has 1 aliphatic heterocycles. The maximum absolute atomic E-state index is 12.4. The van der Waals surface area contributed by atoms with E-state index in [2.05, 4.69) is 30.5 Å². The van der Waals surface area contributed by atoms with Crippen LogP contribution >= 0.6 is 11.5 Å². The van der Waals surface area contributed by atoms with E-state index in [-0.39, 0.29) is 16.6 Å². The minimum Gasteiger partial charge on any atom is -0.379 e. The molecule has 37 heavy (non-hydrogen) atoms. The van der Waals surface area contributed by atoms with Crippen LogP contribution in [0.1, 0.15) is 29.6 Å². The van der Waals surface area contributed by atoms with Crippen LogP contribution in [0, 0.1) is 0 Å². The number of ether oxygens (including phenoxy) is 1. The van der Waals surface area contributed by atoms with Gasteiger partial charge in [-0.2, -0.15) is 4.37 Å². The highest BCUT2D eigenvalue weighted by molar-refractivity contribution is 7.11. The molecule has 12 heteroatoms. The van der Waals surface area contributed by atoms with Crippen molar-refractivity contribution in [3.63, 3.8) is 0 Å². The van der Waals surface area contributed by atoms with Gasteiger partial charge in [0.25, 0.3) is 5.91 Å². The molecule has 1 saturated heterocycles. The monoisotopic (exact) mass is 525 g/mol. The van der Waals surface area contributed by atoms with Crippen LogP contribution in [0.4, 0.5) is 20.3 Å². The number of amides is 5. The van der Waals surface area contributed by atoms with E-state index < -0.39 is 11.9 Å². The summed E-state index contributed by atoms with van der Waals surface area (Å²) in [6.45, 7) is 4.65. The van der Waals surface area contributed by atoms with E-state index in [9.17, 15) is 14.4 Å². The van der Waals surface area contributed by atoms with E-state index in [4.69, 9.17) is 10.5 Å². The number of carbonyl (C=O) groups is 3. The molecule has 1 aromatic carbocycles. The zero-order valence-corrected chi connectivity index (χ0v) is 21.2. The standard InChI is InChI=1S/C25H31N7O4S/c26-22(33)20-21(17-7-9-19(10-8-17)29-25(35)28-18-5-2-1-3-6-18)31-37-23(20)30-24(34)27-11-4-12-32-13-15-36-16-14-32/h1-2,5,7-10H,3-4,6,11-16H2,(H2,26,33)(H2,27,30,34)(H2,28,29,35). The first kappa shape index (κ1) is 26.3. The van der Waals surface area contributed by atoms with E-state index in [1.165, 1.54) is 0 Å². The average Bonchev–Trinajstić information content (AvgIpc) is 3.32. The molecule has 0 atom stereocenters. The number of nitrogens with two attached hydrogens (primary N) is 1. The Morgan fingerprint density at radius 2 is 1.84 bits per heavy atom. The van der Waals surface area contributed by atoms with Crippen LogP contribution in [0.3, 0.4) is 0 Å². The molecule has 1 fully saturated rings. The quantitative estimate of drug-likeness (QED) is 0.318. The number of allylic oxidation sites excluding steroid dienone is 4. The van der Waals surface area contributed by atoms with Gasteiger partial charge in [0.1, 0.15) is 10.6 Å². The third-order valence-electron chi connectivity index (χ3n) is 5.91. The summed E-state index contributed by atoms with van der Waals surface area (Å²) in [6, 6.07) is 6.13. The van der Waals surface area contributed by atoms with E-state index in [1.807, 2.05) is 18.2 Å². The number of hydrogen-bond donors (Lipinski definition) is 5. The highest BCUT2D eigenvalue weighted by Gasteiger charge is 2.22. The number of nitrogens with zero attached hydrogens (tertiary/aromatic N) is 2. The van der Waals surface area contributed by atoms with Crippen LogP contribution in [0.5, 0.6) is 0 Å². The summed E-state index contributed by atoms with van der Waals surface area (Å²) in [4.78, 5) is 39.2. The lowest BCUT2D eigenvalue weighted by molar-refractivity contribution is 0.0375. The summed E-state index contributed by atoms with van der Waals surface area (Å²) < 4.78 is 9.69. The molecule has 1 aromatic heterocycles. The number of carbonyl (C=O) groups excluding carboxylic acids is 3. The predicted molar refractivity (Wildman–Crippen MR) is 144 cm³/mol. The van der Waals surface area contributed by atoms with E-state index >= 15 is 0 Å². The van der Waals surface area contributed by atoms with Crippen molar-refractivity contribution in [3.05, 3.63) is 53.8 Å². The van der Waals surface area contributed by atoms with Gasteiger partial charge in [0, 0.05) is 36.6 Å². The highest BCUT2D eigenvalue weighted by atomic mass is 32.1. The van der Waals surface area contributed by atoms with Crippen LogP contribution < -0.4 is 27.0 Å². The molecule has 2 heterocycles. The smallest absolute Gasteiger partial charge is 0.323 e. The van der Waals surface area contributed by atoms with Crippen molar-refractivity contribution >= 4 is 40.2 Å². The second kappa shape index (κ2) is 13.0. The molecule has 6 N–H and O–H groups in total. The fourth-order valence-corrected chi connectivity index (χ4v) is 4.81. The highest BCUT2D eigenvalue weighted by Crippen LogP contribution is 2.32. The summed E-state index contributed by atoms with van der Waals surface area (Å²) in [5.41, 5.74) is 8.21. The maximum Gasteiger partial charge on any atom is 0.323 e. The molecule has 4 rings (SSSR count). The molecule has 0 saturated carbocycles. The van der Waals surface area contributed by atoms with Crippen molar-refractivity contribution in [3.8, 4) is 11.3 Å². The zero-order valence-electron chi connectivity index (χ0n) is 20.4. The van der Waals surface area contributed by atoms with Crippen molar-refractivity contribution in [1.82, 2.24) is 19.9 Å². The first-order valence-corrected chi connectivity index (χ1v) is 13.0. The molecule has 0 unspecified atom stereocenters. The van der Waals surface area contributed by atoms with Crippen molar-refractivity contribution < 1.29 is 19.1 Å². The van der Waals surface area contributed by atoms with Gasteiger partial charge in [0.2, 0.25) is 0 Å². The molecule has 196 valence electrons. The average molecular weight is 526 g/mol. The van der Waals surface area contributed by atoms with Gasteiger partial charge in [-0.15, -0.1) is 0 Å². The van der Waals surface area contributed by atoms with Gasteiger partial charge in [0.15, 0.2) is 0 Å². The summed E-state index contributed by atoms with van der Waals surface area (Å²) in [6.07, 6.45) is 8.31. The Kier molecular flexibility index (Phi) is 9.24. The number of primary amides is 1. The Bertz CT molecular complexity index is 1170. The summed E-state index contributed by atoms with van der Waals surface area (Å²) >= 11 is 0.987. The molecule has 2 aliphatic rings. The number of morpholine rings is 1. The van der Waals surface area contributed by atoms with Gasteiger partial charge in [-0.05, 0) is 55.5 Å². The lowest BCUT2D eigenvalue weighted by Crippen LogP contribution is -2.38. The lowest BCUT2D eigenvalue weighted by Gasteiger charge is -2.26. The van der Waals surface area contributed by atoms with Crippen LogP contribution in [0.15, 0.2) is 48.2 Å². The van der Waals surface area contributed by atoms with E-state index in [1.54, 1.807) is 24.3 Å². The number of urea groups is 2. The van der Waals surface area contributed by atoms with Crippen molar-refractivity contribution in [2.45, 2.75) is 19.3 Å². The number of hydrogen-bond acceptors (Lipinski definition) is 7. The van der Waals surface area contributed by atoms with Gasteiger partial charge in [-0.25, -0.2) is 9.59 Å². The number of nitrogens with one attached hydrogen (secondary N) is 4. The lowest BCUT2D eigenvalue weighted by atomic mass is 10.1. The minimum absolute atomic E-state index is 0.143. The topological polar surface area (TPSA) is 151 Å². The molecule has 2 aromatic rings. The Labute approximate surface area is 219 Å². The van der Waals surface area contributed by atoms with Crippen molar-refractivity contribution in [1.29, 1.82) is 0 Å². The fraction of sp³-hybridized carbons (Fsp3) is 0.360. The summed E-state index contributed by atoms with van der Waals surface area (Å²) in [5.74, 6) is -0.692. The maximum atomic E-state index is 12.4. The van der Waals surface area contributed by atoms with Crippen LogP contribution in [0.2, 0.25) is 0 Å². The Hall–Kier alpha value is -3.74. The predicted octanol–water partition coefficient (Wildman–Crippen LogP) is 3.11. The number of benzene rings is 1. The van der Waals surface area contributed by atoms with Crippen LogP contribution in [0.25, 0.3) is 11.3 Å². The second-order valence-corrected chi connectivity index (χ2v) is 9.38.